The van der Waals surface area contributed by atoms with Crippen LogP contribution in [-0.4, -0.2) is 29.1 Å². The highest BCUT2D eigenvalue weighted by atomic mass is 31.2. The molecule has 0 bridgehead atoms. The second-order valence-electron chi connectivity index (χ2n) is 1.66. The summed E-state index contributed by atoms with van der Waals surface area (Å²) in [4.78, 5) is 0. The van der Waals surface area contributed by atoms with Gasteiger partial charge in [-0.25, -0.2) is 0 Å². The fourth-order valence-corrected chi connectivity index (χ4v) is 0.734. The third-order valence-corrected chi connectivity index (χ3v) is 3.28. The molecule has 0 spiro atoms. The van der Waals surface area contributed by atoms with Gasteiger partial charge in [-0.05, 0) is 0 Å². The highest BCUT2D eigenvalue weighted by Crippen LogP contribution is 2.41. The van der Waals surface area contributed by atoms with Crippen LogP contribution < -0.4 is 0 Å². The van der Waals surface area contributed by atoms with Crippen molar-refractivity contribution >= 4 is 7.14 Å². The van der Waals surface area contributed by atoms with Crippen molar-refractivity contribution in [2.75, 3.05) is 18.9 Å². The maximum absolute atomic E-state index is 10.8. The summed E-state index contributed by atoms with van der Waals surface area (Å²) in [6.45, 7) is 1.69. The van der Waals surface area contributed by atoms with Gasteiger partial charge in [-0.2, -0.15) is 0 Å². The molecule has 0 saturated carbocycles. The second-order valence-corrected chi connectivity index (χ2v) is 4.97. The first kappa shape index (κ1) is 8.15. The lowest BCUT2D eigenvalue weighted by atomic mass is 11.0. The molecule has 4 heteroatoms. The summed E-state index contributed by atoms with van der Waals surface area (Å²) < 4.78 is 10.8. The molecule has 0 aliphatic carbocycles. The zero-order valence-corrected chi connectivity index (χ0v) is 5.77. The molecule has 8 heavy (non-hydrogen) atoms. The zero-order valence-electron chi connectivity index (χ0n) is 4.87. The Bertz CT molecular complexity index is 82.4. The maximum atomic E-state index is 10.8. The molecule has 0 rings (SSSR count). The molecule has 0 aromatic rings. The van der Waals surface area contributed by atoms with Crippen molar-refractivity contribution in [1.82, 2.24) is 0 Å². The maximum Gasteiger partial charge on any atom is 0.135 e. The minimum absolute atomic E-state index is 0.375. The topological polar surface area (TPSA) is 57.5 Å². The molecule has 0 aromatic heterocycles. The Morgan fingerprint density at radius 2 is 1.75 bits per heavy atom. The Balaban J connectivity index is 3.79. The van der Waals surface area contributed by atoms with Gasteiger partial charge in [0.1, 0.15) is 7.14 Å². The SMILES string of the molecule is CCP(=O)(CO)CO. The minimum atomic E-state index is -2.55. The van der Waals surface area contributed by atoms with E-state index in [1.807, 2.05) is 0 Å². The van der Waals surface area contributed by atoms with Crippen molar-refractivity contribution < 1.29 is 14.8 Å². The first-order chi connectivity index (χ1) is 3.68. The molecule has 0 heterocycles. The Morgan fingerprint density at radius 1 is 1.38 bits per heavy atom. The van der Waals surface area contributed by atoms with Gasteiger partial charge in [0.05, 0.1) is 12.7 Å². The molecule has 0 saturated heterocycles. The molecule has 0 atom stereocenters. The summed E-state index contributed by atoms with van der Waals surface area (Å²) in [6, 6.07) is 0. The molecule has 0 unspecified atom stereocenters. The van der Waals surface area contributed by atoms with Crippen LogP contribution in [0.4, 0.5) is 0 Å². The van der Waals surface area contributed by atoms with Crippen LogP contribution in [0, 0.1) is 0 Å². The Morgan fingerprint density at radius 3 is 1.75 bits per heavy atom. The standard InChI is InChI=1S/C4H11O3P/c1-2-8(7,3-5)4-6/h5-6H,2-4H2,1H3. The van der Waals surface area contributed by atoms with E-state index in [-0.39, 0.29) is 12.7 Å². The molecule has 0 amide bonds. The van der Waals surface area contributed by atoms with Gasteiger partial charge in [0.15, 0.2) is 0 Å². The van der Waals surface area contributed by atoms with Crippen LogP contribution in [0.2, 0.25) is 0 Å². The van der Waals surface area contributed by atoms with Crippen LogP contribution in [0.1, 0.15) is 6.92 Å². The summed E-state index contributed by atoms with van der Waals surface area (Å²) in [5.41, 5.74) is 0. The van der Waals surface area contributed by atoms with Crippen molar-refractivity contribution in [3.05, 3.63) is 0 Å². The largest absolute Gasteiger partial charge is 0.389 e. The van der Waals surface area contributed by atoms with E-state index >= 15 is 0 Å². The van der Waals surface area contributed by atoms with Gasteiger partial charge < -0.3 is 14.8 Å². The van der Waals surface area contributed by atoms with E-state index in [2.05, 4.69) is 0 Å². The normalized spacial score (nSPS) is 11.9. The van der Waals surface area contributed by atoms with E-state index in [0.717, 1.165) is 0 Å². The van der Waals surface area contributed by atoms with Crippen LogP contribution in [0.15, 0.2) is 0 Å². The smallest absolute Gasteiger partial charge is 0.135 e. The summed E-state index contributed by atoms with van der Waals surface area (Å²) in [5, 5.41) is 16.7. The summed E-state index contributed by atoms with van der Waals surface area (Å²) in [7, 11) is -2.55. The average molecular weight is 138 g/mol. The Hall–Kier alpha value is 0.150. The van der Waals surface area contributed by atoms with Gasteiger partial charge in [0.25, 0.3) is 0 Å². The molecule has 3 nitrogen and oxygen atoms in total. The summed E-state index contributed by atoms with van der Waals surface area (Å²) in [5.74, 6) is 0. The van der Waals surface area contributed by atoms with E-state index in [1.165, 1.54) is 0 Å². The lowest BCUT2D eigenvalue weighted by Gasteiger charge is -2.06. The van der Waals surface area contributed by atoms with Gasteiger partial charge in [-0.3, -0.25) is 0 Å². The number of aliphatic hydroxyl groups is 2. The Labute approximate surface area is 48.7 Å². The van der Waals surface area contributed by atoms with E-state index in [0.29, 0.717) is 6.16 Å². The van der Waals surface area contributed by atoms with Crippen molar-refractivity contribution in [2.24, 2.45) is 0 Å². The van der Waals surface area contributed by atoms with Crippen LogP contribution in [0.5, 0.6) is 0 Å². The quantitative estimate of drug-likeness (QED) is 0.550. The van der Waals surface area contributed by atoms with Gasteiger partial charge in [-0.15, -0.1) is 0 Å². The van der Waals surface area contributed by atoms with E-state index < -0.39 is 7.14 Å². The number of aliphatic hydroxyl groups excluding tert-OH is 2. The molecule has 0 aliphatic heterocycles. The fraction of sp³-hybridized carbons (Fsp3) is 1.00. The molecule has 0 fully saturated rings. The summed E-state index contributed by atoms with van der Waals surface area (Å²) >= 11 is 0. The molecule has 0 aromatic carbocycles. The molecule has 50 valence electrons. The second kappa shape index (κ2) is 3.23. The molecular formula is C4H11O3P. The molecule has 2 N–H and O–H groups in total. The van der Waals surface area contributed by atoms with Crippen LogP contribution in [0.25, 0.3) is 0 Å². The van der Waals surface area contributed by atoms with Crippen LogP contribution in [-0.2, 0) is 4.57 Å². The lowest BCUT2D eigenvalue weighted by Crippen LogP contribution is -1.95. The van der Waals surface area contributed by atoms with E-state index in [1.54, 1.807) is 6.92 Å². The zero-order chi connectivity index (χ0) is 6.62. The van der Waals surface area contributed by atoms with E-state index in [9.17, 15) is 4.57 Å². The first-order valence-electron chi connectivity index (χ1n) is 2.47. The number of rotatable bonds is 3. The number of hydrogen-bond donors (Lipinski definition) is 2. The number of hydrogen-bond acceptors (Lipinski definition) is 3. The lowest BCUT2D eigenvalue weighted by molar-refractivity contribution is 0.325. The van der Waals surface area contributed by atoms with Crippen LogP contribution in [0.3, 0.4) is 0 Å². The predicted octanol–water partition coefficient (Wildman–Crippen LogP) is 0.269. The third-order valence-electron chi connectivity index (χ3n) is 1.09. The van der Waals surface area contributed by atoms with Gasteiger partial charge in [0.2, 0.25) is 0 Å². The van der Waals surface area contributed by atoms with Gasteiger partial charge in [-0.1, -0.05) is 6.92 Å². The fourth-order valence-electron chi connectivity index (χ4n) is 0.245. The predicted molar refractivity (Wildman–Crippen MR) is 32.3 cm³/mol. The molecule has 0 radical (unpaired) electrons. The molecule has 0 aliphatic rings. The minimum Gasteiger partial charge on any atom is -0.389 e. The monoisotopic (exact) mass is 138 g/mol. The van der Waals surface area contributed by atoms with E-state index in [4.69, 9.17) is 10.2 Å². The van der Waals surface area contributed by atoms with Crippen molar-refractivity contribution in [1.29, 1.82) is 0 Å². The van der Waals surface area contributed by atoms with Crippen molar-refractivity contribution in [3.63, 3.8) is 0 Å². The Kier molecular flexibility index (Phi) is 3.29. The first-order valence-corrected chi connectivity index (χ1v) is 4.73. The highest BCUT2D eigenvalue weighted by Gasteiger charge is 2.15. The molecular weight excluding hydrogens is 127 g/mol. The average Bonchev–Trinajstić information content (AvgIpc) is 1.87. The van der Waals surface area contributed by atoms with Crippen LogP contribution >= 0.6 is 7.14 Å². The van der Waals surface area contributed by atoms with Crippen molar-refractivity contribution in [3.8, 4) is 0 Å². The third kappa shape index (κ3) is 1.95. The summed E-state index contributed by atoms with van der Waals surface area (Å²) in [6.07, 6.45) is -0.375. The highest BCUT2D eigenvalue weighted by molar-refractivity contribution is 7.63. The van der Waals surface area contributed by atoms with Gasteiger partial charge >= 0.3 is 0 Å². The van der Waals surface area contributed by atoms with Crippen molar-refractivity contribution in [2.45, 2.75) is 6.92 Å². The van der Waals surface area contributed by atoms with Gasteiger partial charge in [0, 0.05) is 6.16 Å².